The normalized spacial score (nSPS) is 12.1. The van der Waals surface area contributed by atoms with Crippen LogP contribution in [-0.4, -0.2) is 21.5 Å². The summed E-state index contributed by atoms with van der Waals surface area (Å²) < 4.78 is 15.6. The van der Waals surface area contributed by atoms with Crippen LogP contribution < -0.4 is 9.88 Å². The molecule has 0 spiro atoms. The molecule has 0 heterocycles. The average molecular weight is 230 g/mol. The topological polar surface area (TPSA) is 95.5 Å². The van der Waals surface area contributed by atoms with Gasteiger partial charge in [0.15, 0.2) is 5.75 Å². The Morgan fingerprint density at radius 1 is 1.47 bits per heavy atom. The van der Waals surface area contributed by atoms with Gasteiger partial charge in [-0.3, -0.25) is 15.3 Å². The maximum atomic E-state index is 10.6. The summed E-state index contributed by atoms with van der Waals surface area (Å²) in [4.78, 5) is 10.0. The first kappa shape index (κ1) is 11.6. The molecular weight excluding hydrogens is 220 g/mol. The highest BCUT2D eigenvalue weighted by molar-refractivity contribution is 7.82. The number of nitro groups is 1. The smallest absolute Gasteiger partial charge is 0.310 e. The van der Waals surface area contributed by atoms with Gasteiger partial charge in [-0.1, -0.05) is 12.1 Å². The summed E-state index contributed by atoms with van der Waals surface area (Å²) >= 11 is 0. The number of rotatable bonds is 5. The standard InChI is InChI=1S/C8H10N2O4S/c9-15(13)6-5-14-8-4-2-1-3-7(8)10(11)12/h1-4H,5-6,9H2. The maximum Gasteiger partial charge on any atom is 0.310 e. The predicted molar refractivity (Wildman–Crippen MR) is 55.8 cm³/mol. The number of hydrogen-bond donors (Lipinski definition) is 1. The molecule has 1 atom stereocenters. The minimum absolute atomic E-state index is 0.0912. The zero-order chi connectivity index (χ0) is 11.3. The molecule has 1 aromatic carbocycles. The molecule has 2 N–H and O–H groups in total. The van der Waals surface area contributed by atoms with Crippen LogP contribution >= 0.6 is 0 Å². The van der Waals surface area contributed by atoms with Gasteiger partial charge in [-0.05, 0) is 6.07 Å². The van der Waals surface area contributed by atoms with E-state index in [4.69, 9.17) is 9.88 Å². The second-order valence-corrected chi connectivity index (χ2v) is 3.83. The minimum Gasteiger partial charge on any atom is -0.486 e. The van der Waals surface area contributed by atoms with Gasteiger partial charge >= 0.3 is 5.69 Å². The van der Waals surface area contributed by atoms with E-state index in [0.29, 0.717) is 0 Å². The van der Waals surface area contributed by atoms with Gasteiger partial charge in [0.25, 0.3) is 0 Å². The second kappa shape index (κ2) is 5.42. The van der Waals surface area contributed by atoms with Crippen LogP contribution in [0.4, 0.5) is 5.69 Å². The fraction of sp³-hybridized carbons (Fsp3) is 0.250. The van der Waals surface area contributed by atoms with E-state index in [1.54, 1.807) is 12.1 Å². The van der Waals surface area contributed by atoms with Crippen molar-refractivity contribution in [3.63, 3.8) is 0 Å². The van der Waals surface area contributed by atoms with Crippen molar-refractivity contribution >= 4 is 16.7 Å². The van der Waals surface area contributed by atoms with Crippen molar-refractivity contribution in [2.24, 2.45) is 5.14 Å². The third-order valence-electron chi connectivity index (χ3n) is 1.60. The van der Waals surface area contributed by atoms with Gasteiger partial charge in [0.05, 0.1) is 21.7 Å². The van der Waals surface area contributed by atoms with Crippen molar-refractivity contribution in [2.45, 2.75) is 0 Å². The summed E-state index contributed by atoms with van der Waals surface area (Å²) in [6.45, 7) is 0.0912. The molecule has 0 aliphatic heterocycles. The van der Waals surface area contributed by atoms with Gasteiger partial charge in [0.2, 0.25) is 0 Å². The quantitative estimate of drug-likeness (QED) is 0.591. The molecule has 0 bridgehead atoms. The summed E-state index contributed by atoms with van der Waals surface area (Å²) in [6, 6.07) is 6.00. The lowest BCUT2D eigenvalue weighted by Gasteiger charge is -2.04. The first-order chi connectivity index (χ1) is 7.11. The summed E-state index contributed by atoms with van der Waals surface area (Å²) in [7, 11) is -1.45. The lowest BCUT2D eigenvalue weighted by molar-refractivity contribution is -0.385. The summed E-state index contributed by atoms with van der Waals surface area (Å²) in [5.74, 6) is 0.305. The van der Waals surface area contributed by atoms with Crippen LogP contribution in [0, 0.1) is 10.1 Å². The van der Waals surface area contributed by atoms with Crippen molar-refractivity contribution in [1.82, 2.24) is 0 Å². The SMILES string of the molecule is NS(=O)CCOc1ccccc1[N+](=O)[O-]. The number of nitrogens with two attached hydrogens (primary N) is 1. The lowest BCUT2D eigenvalue weighted by Crippen LogP contribution is -2.14. The Hall–Kier alpha value is -1.47. The minimum atomic E-state index is -1.45. The molecular formula is C8H10N2O4S. The van der Waals surface area contributed by atoms with Crippen LogP contribution in [0.1, 0.15) is 0 Å². The molecule has 1 unspecified atom stereocenters. The fourth-order valence-corrected chi connectivity index (χ4v) is 1.21. The zero-order valence-corrected chi connectivity index (χ0v) is 8.61. The third kappa shape index (κ3) is 3.64. The molecule has 6 nitrogen and oxygen atoms in total. The van der Waals surface area contributed by atoms with Gasteiger partial charge in [-0.25, -0.2) is 4.21 Å². The van der Waals surface area contributed by atoms with Gasteiger partial charge < -0.3 is 4.74 Å². The number of hydrogen-bond acceptors (Lipinski definition) is 4. The Kier molecular flexibility index (Phi) is 4.19. The first-order valence-corrected chi connectivity index (χ1v) is 5.48. The van der Waals surface area contributed by atoms with Crippen LogP contribution in [0.2, 0.25) is 0 Å². The molecule has 82 valence electrons. The van der Waals surface area contributed by atoms with Crippen molar-refractivity contribution in [1.29, 1.82) is 0 Å². The largest absolute Gasteiger partial charge is 0.486 e. The molecule has 1 aromatic rings. The highest BCUT2D eigenvalue weighted by Gasteiger charge is 2.13. The third-order valence-corrected chi connectivity index (χ3v) is 2.17. The molecule has 15 heavy (non-hydrogen) atoms. The number of benzene rings is 1. The summed E-state index contributed by atoms with van der Waals surface area (Å²) in [5, 5.41) is 15.6. The fourth-order valence-electron chi connectivity index (χ4n) is 0.964. The van der Waals surface area contributed by atoms with Crippen LogP contribution in [0.15, 0.2) is 24.3 Å². The van der Waals surface area contributed by atoms with E-state index in [1.807, 2.05) is 0 Å². The number of nitro benzene ring substituents is 1. The lowest BCUT2D eigenvalue weighted by atomic mass is 10.3. The Morgan fingerprint density at radius 3 is 2.73 bits per heavy atom. The van der Waals surface area contributed by atoms with Crippen LogP contribution in [0.25, 0.3) is 0 Å². The van der Waals surface area contributed by atoms with Gasteiger partial charge in [-0.2, -0.15) is 0 Å². The van der Waals surface area contributed by atoms with E-state index in [1.165, 1.54) is 12.1 Å². The maximum absolute atomic E-state index is 10.6. The van der Waals surface area contributed by atoms with E-state index in [2.05, 4.69) is 0 Å². The van der Waals surface area contributed by atoms with Crippen molar-refractivity contribution in [3.05, 3.63) is 34.4 Å². The van der Waals surface area contributed by atoms with Crippen LogP contribution in [0.3, 0.4) is 0 Å². The van der Waals surface area contributed by atoms with E-state index < -0.39 is 15.9 Å². The average Bonchev–Trinajstić information content (AvgIpc) is 2.17. The van der Waals surface area contributed by atoms with Crippen molar-refractivity contribution in [2.75, 3.05) is 12.4 Å². The summed E-state index contributed by atoms with van der Waals surface area (Å²) in [6.07, 6.45) is 0. The molecule has 1 rings (SSSR count). The number of nitrogens with zero attached hydrogens (tertiary/aromatic N) is 1. The molecule has 0 aliphatic rings. The zero-order valence-electron chi connectivity index (χ0n) is 7.79. The predicted octanol–water partition coefficient (Wildman–Crippen LogP) is 0.596. The highest BCUT2D eigenvalue weighted by atomic mass is 32.2. The Balaban J connectivity index is 2.67. The van der Waals surface area contributed by atoms with Crippen LogP contribution in [0.5, 0.6) is 5.75 Å². The summed E-state index contributed by atoms with van der Waals surface area (Å²) in [5.41, 5.74) is -0.111. The highest BCUT2D eigenvalue weighted by Crippen LogP contribution is 2.25. The second-order valence-electron chi connectivity index (χ2n) is 2.66. The first-order valence-electron chi connectivity index (χ1n) is 4.10. The molecule has 0 saturated carbocycles. The molecule has 0 radical (unpaired) electrons. The molecule has 0 fully saturated rings. The Labute approximate surface area is 88.8 Å². The van der Waals surface area contributed by atoms with Crippen molar-refractivity contribution in [3.8, 4) is 5.75 Å². The molecule has 7 heteroatoms. The van der Waals surface area contributed by atoms with Gasteiger partial charge in [0, 0.05) is 6.07 Å². The molecule has 0 aliphatic carbocycles. The van der Waals surface area contributed by atoms with E-state index >= 15 is 0 Å². The van der Waals surface area contributed by atoms with E-state index in [-0.39, 0.29) is 23.8 Å². The molecule has 0 amide bonds. The van der Waals surface area contributed by atoms with E-state index in [0.717, 1.165) is 0 Å². The monoisotopic (exact) mass is 230 g/mol. The Bertz CT molecular complexity index is 383. The molecule has 0 aromatic heterocycles. The van der Waals surface area contributed by atoms with Gasteiger partial charge in [-0.15, -0.1) is 0 Å². The van der Waals surface area contributed by atoms with Crippen LogP contribution in [-0.2, 0) is 11.0 Å². The van der Waals surface area contributed by atoms with Crippen molar-refractivity contribution < 1.29 is 13.9 Å². The van der Waals surface area contributed by atoms with Gasteiger partial charge in [0.1, 0.15) is 6.61 Å². The number of ether oxygens (including phenoxy) is 1. The number of para-hydroxylation sites is 2. The Morgan fingerprint density at radius 2 is 2.13 bits per heavy atom. The molecule has 0 saturated heterocycles. The van der Waals surface area contributed by atoms with E-state index in [9.17, 15) is 14.3 Å².